The fourth-order valence-electron chi connectivity index (χ4n) is 9.53. The number of aromatic nitrogens is 2. The van der Waals surface area contributed by atoms with E-state index in [0.717, 1.165) is 5.69 Å². The summed E-state index contributed by atoms with van der Waals surface area (Å²) in [6.07, 6.45) is 0. The standard InChI is InChI=1S/C48H30BN3/c1-3-15-31(16-4-1)50-39-25-13-10-22-36(39)46-41(50)27-28-42-48(46)47-43(51(42)32-17-5-2-6-18-32)29-30-44-45(47)35-21-8-12-24-38(35)49-37-23-11-7-19-33(37)34-20-9-14-26-40(34)52(44)49/h1-30H. The van der Waals surface area contributed by atoms with Gasteiger partial charge in [0, 0.05) is 55.4 Å². The molecule has 2 aliphatic heterocycles. The van der Waals surface area contributed by atoms with Gasteiger partial charge in [-0.05, 0) is 82.7 Å². The minimum Gasteiger partial charge on any atom is -0.376 e. The Hall–Kier alpha value is -6.78. The molecule has 0 saturated heterocycles. The van der Waals surface area contributed by atoms with Gasteiger partial charge in [0.1, 0.15) is 0 Å². The van der Waals surface area contributed by atoms with Crippen molar-refractivity contribution in [3.63, 3.8) is 0 Å². The molecule has 12 rings (SSSR count). The summed E-state index contributed by atoms with van der Waals surface area (Å²) in [5, 5.41) is 5.13. The number of nitrogens with zero attached hydrogens (tertiary/aromatic N) is 3. The Kier molecular flexibility index (Phi) is 5.58. The van der Waals surface area contributed by atoms with Crippen LogP contribution in [-0.2, 0) is 0 Å². The van der Waals surface area contributed by atoms with Crippen LogP contribution in [0.3, 0.4) is 0 Å². The highest BCUT2D eigenvalue weighted by Crippen LogP contribution is 2.52. The molecule has 4 heteroatoms. The van der Waals surface area contributed by atoms with Crippen molar-refractivity contribution in [2.75, 3.05) is 4.81 Å². The summed E-state index contributed by atoms with van der Waals surface area (Å²) in [6, 6.07) is 67.1. The number of fused-ring (bicyclic) bond motifs is 19. The average Bonchev–Trinajstić information content (AvgIpc) is 3.74. The first kappa shape index (κ1) is 28.0. The molecule has 0 fully saturated rings. The van der Waals surface area contributed by atoms with E-state index in [-0.39, 0.29) is 6.85 Å². The number of anilines is 2. The second kappa shape index (κ2) is 10.4. The molecule has 0 unspecified atom stereocenters. The highest BCUT2D eigenvalue weighted by atomic mass is 15.1. The van der Waals surface area contributed by atoms with Gasteiger partial charge in [0.05, 0.1) is 22.1 Å². The predicted octanol–water partition coefficient (Wildman–Crippen LogP) is 10.8. The van der Waals surface area contributed by atoms with E-state index in [4.69, 9.17) is 0 Å². The fraction of sp³-hybridized carbons (Fsp3) is 0. The van der Waals surface area contributed by atoms with E-state index >= 15 is 0 Å². The number of rotatable bonds is 2. The van der Waals surface area contributed by atoms with Gasteiger partial charge in [0.15, 0.2) is 0 Å². The third-order valence-corrected chi connectivity index (χ3v) is 11.5. The minimum atomic E-state index is 0.0646. The van der Waals surface area contributed by atoms with E-state index in [1.807, 2.05) is 0 Å². The van der Waals surface area contributed by atoms with Gasteiger partial charge < -0.3 is 13.9 Å². The van der Waals surface area contributed by atoms with Crippen LogP contribution in [0.5, 0.6) is 0 Å². The van der Waals surface area contributed by atoms with Crippen LogP contribution < -0.4 is 15.7 Å². The minimum absolute atomic E-state index is 0.0646. The molecule has 8 aromatic carbocycles. The maximum atomic E-state index is 2.62. The molecule has 0 aliphatic carbocycles. The van der Waals surface area contributed by atoms with Crippen LogP contribution in [0.4, 0.5) is 11.4 Å². The van der Waals surface area contributed by atoms with Gasteiger partial charge >= 0.3 is 6.85 Å². The number of hydrogen-bond acceptors (Lipinski definition) is 1. The van der Waals surface area contributed by atoms with Crippen LogP contribution in [0.1, 0.15) is 0 Å². The van der Waals surface area contributed by atoms with Gasteiger partial charge in [-0.25, -0.2) is 0 Å². The molecule has 0 atom stereocenters. The van der Waals surface area contributed by atoms with Crippen LogP contribution in [0.15, 0.2) is 182 Å². The van der Waals surface area contributed by atoms with Gasteiger partial charge in [0.2, 0.25) is 0 Å². The Morgan fingerprint density at radius 3 is 1.60 bits per heavy atom. The quantitative estimate of drug-likeness (QED) is 0.168. The lowest BCUT2D eigenvalue weighted by Gasteiger charge is -2.43. The zero-order chi connectivity index (χ0) is 33.9. The number of hydrogen-bond donors (Lipinski definition) is 0. The summed E-state index contributed by atoms with van der Waals surface area (Å²) in [5.74, 6) is 0. The molecule has 4 heterocycles. The molecule has 0 amide bonds. The Bertz CT molecular complexity index is 3080. The summed E-state index contributed by atoms with van der Waals surface area (Å²) in [7, 11) is 0. The van der Waals surface area contributed by atoms with Crippen LogP contribution in [0.2, 0.25) is 0 Å². The molecule has 0 N–H and O–H groups in total. The Labute approximate surface area is 301 Å². The Morgan fingerprint density at radius 2 is 0.846 bits per heavy atom. The van der Waals surface area contributed by atoms with Crippen molar-refractivity contribution < 1.29 is 0 Å². The molecule has 52 heavy (non-hydrogen) atoms. The van der Waals surface area contributed by atoms with Gasteiger partial charge in [0.25, 0.3) is 0 Å². The monoisotopic (exact) mass is 659 g/mol. The maximum Gasteiger partial charge on any atom is 0.329 e. The number of para-hydroxylation sites is 4. The van der Waals surface area contributed by atoms with E-state index in [1.54, 1.807) is 0 Å². The van der Waals surface area contributed by atoms with Crippen molar-refractivity contribution in [1.29, 1.82) is 0 Å². The fourth-order valence-corrected chi connectivity index (χ4v) is 9.53. The van der Waals surface area contributed by atoms with Crippen LogP contribution in [0, 0.1) is 0 Å². The van der Waals surface area contributed by atoms with Gasteiger partial charge in [-0.2, -0.15) is 0 Å². The second-order valence-electron chi connectivity index (χ2n) is 14.0. The van der Waals surface area contributed by atoms with E-state index in [1.165, 1.54) is 93.9 Å². The molecule has 0 radical (unpaired) electrons. The van der Waals surface area contributed by atoms with Gasteiger partial charge in [-0.15, -0.1) is 0 Å². The molecule has 10 aromatic rings. The largest absolute Gasteiger partial charge is 0.376 e. The van der Waals surface area contributed by atoms with Crippen molar-refractivity contribution in [1.82, 2.24) is 9.13 Å². The molecule has 2 aliphatic rings. The summed E-state index contributed by atoms with van der Waals surface area (Å²) in [6.45, 7) is 0.0646. The van der Waals surface area contributed by atoms with Crippen molar-refractivity contribution in [2.45, 2.75) is 0 Å². The van der Waals surface area contributed by atoms with Crippen molar-refractivity contribution in [2.24, 2.45) is 0 Å². The topological polar surface area (TPSA) is 13.1 Å². The maximum absolute atomic E-state index is 2.62. The molecule has 3 nitrogen and oxygen atoms in total. The molecule has 0 bridgehead atoms. The molecule has 240 valence electrons. The SMILES string of the molecule is c1ccc(-n2c3ccccc3c3c4c5c6c(ccc5n(-c5ccccc5)c4ccc32)N2B(c3ccccc3-c3ccccc32)c2ccccc2-6)cc1. The van der Waals surface area contributed by atoms with Crippen molar-refractivity contribution in [3.8, 4) is 33.6 Å². The smallest absolute Gasteiger partial charge is 0.329 e. The second-order valence-corrected chi connectivity index (χ2v) is 14.0. The molecule has 0 saturated carbocycles. The van der Waals surface area contributed by atoms with E-state index in [0.29, 0.717) is 0 Å². The summed E-state index contributed by atoms with van der Waals surface area (Å²) in [4.78, 5) is 2.62. The summed E-state index contributed by atoms with van der Waals surface area (Å²) in [5.41, 5.74) is 17.5. The Balaban J connectivity index is 1.31. The first-order valence-electron chi connectivity index (χ1n) is 18.1. The number of benzene rings is 8. The Morgan fingerprint density at radius 1 is 0.327 bits per heavy atom. The molecular formula is C48H30BN3. The first-order chi connectivity index (χ1) is 25.9. The normalized spacial score (nSPS) is 12.9. The van der Waals surface area contributed by atoms with Crippen LogP contribution in [0.25, 0.3) is 77.2 Å². The van der Waals surface area contributed by atoms with Crippen molar-refractivity contribution in [3.05, 3.63) is 182 Å². The van der Waals surface area contributed by atoms with E-state index in [9.17, 15) is 0 Å². The van der Waals surface area contributed by atoms with Crippen molar-refractivity contribution >= 4 is 72.8 Å². The predicted molar refractivity (Wildman–Crippen MR) is 220 cm³/mol. The summed E-state index contributed by atoms with van der Waals surface area (Å²) < 4.78 is 4.92. The lowest BCUT2D eigenvalue weighted by Crippen LogP contribution is -2.59. The van der Waals surface area contributed by atoms with Gasteiger partial charge in [-0.3, -0.25) is 0 Å². The zero-order valence-electron chi connectivity index (χ0n) is 28.2. The van der Waals surface area contributed by atoms with Crippen LogP contribution in [-0.4, -0.2) is 16.0 Å². The molecule has 0 spiro atoms. The molecular weight excluding hydrogens is 629 g/mol. The third kappa shape index (κ3) is 3.56. The lowest BCUT2D eigenvalue weighted by molar-refractivity contribution is 1.17. The van der Waals surface area contributed by atoms with E-state index < -0.39 is 0 Å². The van der Waals surface area contributed by atoms with Gasteiger partial charge in [-0.1, -0.05) is 121 Å². The lowest BCUT2D eigenvalue weighted by atomic mass is 9.43. The summed E-state index contributed by atoms with van der Waals surface area (Å²) >= 11 is 0. The third-order valence-electron chi connectivity index (χ3n) is 11.5. The average molecular weight is 660 g/mol. The zero-order valence-corrected chi connectivity index (χ0v) is 28.2. The molecule has 2 aromatic heterocycles. The highest BCUT2D eigenvalue weighted by molar-refractivity contribution is 6.92. The van der Waals surface area contributed by atoms with Crippen LogP contribution >= 0.6 is 0 Å². The highest BCUT2D eigenvalue weighted by Gasteiger charge is 2.43. The first-order valence-corrected chi connectivity index (χ1v) is 18.1. The van der Waals surface area contributed by atoms with E-state index in [2.05, 4.69) is 196 Å².